The Morgan fingerprint density at radius 2 is 1.65 bits per heavy atom. The van der Waals surface area contributed by atoms with E-state index in [0.717, 1.165) is 36.0 Å². The van der Waals surface area contributed by atoms with Gasteiger partial charge in [-0.1, -0.05) is 31.2 Å². The molecule has 140 valence electrons. The van der Waals surface area contributed by atoms with Crippen LogP contribution in [0, 0.1) is 5.92 Å². The van der Waals surface area contributed by atoms with Crippen molar-refractivity contribution >= 4 is 21.8 Å². The number of nitrogens with one attached hydrogen (secondary N) is 1. The first-order valence-electron chi connectivity index (χ1n) is 8.27. The van der Waals surface area contributed by atoms with E-state index in [1.807, 2.05) is 36.4 Å². The van der Waals surface area contributed by atoms with Gasteiger partial charge >= 0.3 is 16.1 Å². The molecule has 1 atom stereocenters. The van der Waals surface area contributed by atoms with Crippen molar-refractivity contribution in [3.63, 3.8) is 0 Å². The van der Waals surface area contributed by atoms with E-state index in [1.54, 1.807) is 19.1 Å². The summed E-state index contributed by atoms with van der Waals surface area (Å²) in [6.45, 7) is 2.41. The highest BCUT2D eigenvalue weighted by Crippen LogP contribution is 2.16. The second-order valence-electron chi connectivity index (χ2n) is 6.25. The van der Waals surface area contributed by atoms with Crippen molar-refractivity contribution in [1.29, 1.82) is 0 Å². The van der Waals surface area contributed by atoms with Crippen molar-refractivity contribution in [2.24, 2.45) is 5.92 Å². The van der Waals surface area contributed by atoms with Crippen molar-refractivity contribution < 1.29 is 22.5 Å². The fraction of sp³-hybridized carbons (Fsp3) is 0.316. The molecule has 2 aromatic rings. The Morgan fingerprint density at radius 3 is 2.19 bits per heavy atom. The quantitative estimate of drug-likeness (QED) is 0.653. The Labute approximate surface area is 153 Å². The molecule has 0 radical (unpaired) electrons. The zero-order valence-electron chi connectivity index (χ0n) is 14.8. The fourth-order valence-electron chi connectivity index (χ4n) is 2.44. The number of hydrogen-bond acceptors (Lipinski definition) is 5. The third-order valence-electron chi connectivity index (χ3n) is 3.83. The number of benzene rings is 2. The topological polar surface area (TPSA) is 92.7 Å². The summed E-state index contributed by atoms with van der Waals surface area (Å²) < 4.78 is 26.9. The second-order valence-corrected chi connectivity index (χ2v) is 7.82. The van der Waals surface area contributed by atoms with Gasteiger partial charge < -0.3 is 14.6 Å². The van der Waals surface area contributed by atoms with Gasteiger partial charge in [-0.25, -0.2) is 0 Å². The third kappa shape index (κ3) is 6.76. The summed E-state index contributed by atoms with van der Waals surface area (Å²) in [4.78, 5) is 10.9. The van der Waals surface area contributed by atoms with Crippen LogP contribution in [0.25, 0.3) is 0 Å². The molecule has 7 heteroatoms. The Hall–Kier alpha value is -2.54. The molecule has 0 aliphatic heterocycles. The maximum Gasteiger partial charge on any atom is 0.306 e. The molecule has 0 saturated carbocycles. The van der Waals surface area contributed by atoms with Gasteiger partial charge in [-0.15, -0.1) is 0 Å². The summed E-state index contributed by atoms with van der Waals surface area (Å²) in [6.07, 6.45) is 2.30. The lowest BCUT2D eigenvalue weighted by Crippen LogP contribution is -2.12. The van der Waals surface area contributed by atoms with Crippen LogP contribution in [0.2, 0.25) is 0 Å². The highest BCUT2D eigenvalue weighted by molar-refractivity contribution is 7.86. The van der Waals surface area contributed by atoms with Crippen LogP contribution in [0.15, 0.2) is 48.5 Å². The van der Waals surface area contributed by atoms with Gasteiger partial charge in [-0.05, 0) is 48.2 Å². The molecule has 0 heterocycles. The van der Waals surface area contributed by atoms with Gasteiger partial charge in [0.05, 0.1) is 12.2 Å². The smallest absolute Gasteiger partial charge is 0.306 e. The third-order valence-corrected chi connectivity index (χ3v) is 4.33. The van der Waals surface area contributed by atoms with Crippen LogP contribution >= 0.6 is 0 Å². The van der Waals surface area contributed by atoms with Gasteiger partial charge in [0.25, 0.3) is 0 Å². The number of carboxylic acid groups (broad SMARTS) is 1. The predicted molar refractivity (Wildman–Crippen MR) is 101 cm³/mol. The standard InChI is InChI=1S/C19H23NO5S/c1-14(19(21)22)13-16-3-7-17(8-4-16)20-12-11-15-5-9-18(10-6-15)25-26(2,23)24/h3-10,14,20H,11-13H2,1-2H3,(H,21,22). The zero-order valence-corrected chi connectivity index (χ0v) is 15.6. The summed E-state index contributed by atoms with van der Waals surface area (Å²) >= 11 is 0. The molecule has 6 nitrogen and oxygen atoms in total. The molecule has 0 amide bonds. The van der Waals surface area contributed by atoms with E-state index in [1.165, 1.54) is 0 Å². The number of carboxylic acids is 1. The maximum absolute atomic E-state index is 11.1. The van der Waals surface area contributed by atoms with Gasteiger partial charge in [-0.3, -0.25) is 4.79 Å². The van der Waals surface area contributed by atoms with Crippen LogP contribution in [-0.4, -0.2) is 32.3 Å². The highest BCUT2D eigenvalue weighted by atomic mass is 32.2. The van der Waals surface area contributed by atoms with E-state index in [9.17, 15) is 13.2 Å². The number of aliphatic carboxylic acids is 1. The lowest BCUT2D eigenvalue weighted by atomic mass is 10.0. The number of hydrogen-bond donors (Lipinski definition) is 2. The van der Waals surface area contributed by atoms with Gasteiger partial charge in [0.1, 0.15) is 5.75 Å². The Morgan fingerprint density at radius 1 is 1.08 bits per heavy atom. The van der Waals surface area contributed by atoms with E-state index < -0.39 is 22.0 Å². The molecular formula is C19H23NO5S. The summed E-state index contributed by atoms with van der Waals surface area (Å²) in [7, 11) is -3.50. The van der Waals surface area contributed by atoms with Crippen molar-refractivity contribution in [2.45, 2.75) is 19.8 Å². The maximum atomic E-state index is 11.1. The lowest BCUT2D eigenvalue weighted by molar-refractivity contribution is -0.141. The van der Waals surface area contributed by atoms with Crippen LogP contribution < -0.4 is 9.50 Å². The van der Waals surface area contributed by atoms with E-state index in [-0.39, 0.29) is 0 Å². The minimum Gasteiger partial charge on any atom is -0.481 e. The van der Waals surface area contributed by atoms with Crippen molar-refractivity contribution in [2.75, 3.05) is 18.1 Å². The van der Waals surface area contributed by atoms with E-state index in [2.05, 4.69) is 5.32 Å². The molecule has 26 heavy (non-hydrogen) atoms. The summed E-state index contributed by atoms with van der Waals surface area (Å²) in [5.41, 5.74) is 3.02. The minimum atomic E-state index is -3.50. The second kappa shape index (κ2) is 8.71. The van der Waals surface area contributed by atoms with Crippen molar-refractivity contribution in [1.82, 2.24) is 0 Å². The van der Waals surface area contributed by atoms with Crippen molar-refractivity contribution in [3.05, 3.63) is 59.7 Å². The molecule has 0 saturated heterocycles. The van der Waals surface area contributed by atoms with Gasteiger partial charge in [0.15, 0.2) is 0 Å². The molecule has 0 bridgehead atoms. The molecule has 0 aliphatic rings. The van der Waals surface area contributed by atoms with E-state index in [0.29, 0.717) is 12.2 Å². The monoisotopic (exact) mass is 377 g/mol. The van der Waals surface area contributed by atoms with Crippen LogP contribution in [0.5, 0.6) is 5.75 Å². The molecular weight excluding hydrogens is 354 g/mol. The first-order valence-corrected chi connectivity index (χ1v) is 10.1. The van der Waals surface area contributed by atoms with Gasteiger partial charge in [-0.2, -0.15) is 8.42 Å². The van der Waals surface area contributed by atoms with Gasteiger partial charge in [0, 0.05) is 12.2 Å². The molecule has 0 fully saturated rings. The first kappa shape index (κ1) is 19.8. The number of carbonyl (C=O) groups is 1. The molecule has 2 rings (SSSR count). The normalized spacial score (nSPS) is 12.4. The van der Waals surface area contributed by atoms with Crippen LogP contribution in [0.4, 0.5) is 5.69 Å². The number of rotatable bonds is 9. The predicted octanol–water partition coefficient (Wildman–Crippen LogP) is 2.94. The Kier molecular flexibility index (Phi) is 6.63. The van der Waals surface area contributed by atoms with Gasteiger partial charge in [0.2, 0.25) is 0 Å². The SMILES string of the molecule is CC(Cc1ccc(NCCc2ccc(OS(C)(=O)=O)cc2)cc1)C(=O)O. The number of anilines is 1. The first-order chi connectivity index (χ1) is 12.2. The lowest BCUT2D eigenvalue weighted by Gasteiger charge is -2.10. The van der Waals surface area contributed by atoms with Crippen LogP contribution in [0.3, 0.4) is 0 Å². The van der Waals surface area contributed by atoms with Crippen LogP contribution in [0.1, 0.15) is 18.1 Å². The fourth-order valence-corrected chi connectivity index (χ4v) is 2.90. The average molecular weight is 377 g/mol. The summed E-state index contributed by atoms with van der Waals surface area (Å²) in [6, 6.07) is 14.7. The Bertz CT molecular complexity index is 829. The molecule has 1 unspecified atom stereocenters. The Balaban J connectivity index is 1.81. The summed E-state index contributed by atoms with van der Waals surface area (Å²) in [5.74, 6) is -0.890. The van der Waals surface area contributed by atoms with E-state index in [4.69, 9.17) is 9.29 Å². The van der Waals surface area contributed by atoms with Crippen LogP contribution in [-0.2, 0) is 27.8 Å². The molecule has 2 aromatic carbocycles. The summed E-state index contributed by atoms with van der Waals surface area (Å²) in [5, 5.41) is 12.3. The molecule has 0 aliphatic carbocycles. The minimum absolute atomic E-state index is 0.301. The molecule has 2 N–H and O–H groups in total. The van der Waals surface area contributed by atoms with E-state index >= 15 is 0 Å². The zero-order chi connectivity index (χ0) is 19.2. The largest absolute Gasteiger partial charge is 0.481 e. The molecule has 0 spiro atoms. The highest BCUT2D eigenvalue weighted by Gasteiger charge is 2.11. The van der Waals surface area contributed by atoms with Crippen molar-refractivity contribution in [3.8, 4) is 5.75 Å². The average Bonchev–Trinajstić information content (AvgIpc) is 2.56. The molecule has 0 aromatic heterocycles.